The maximum Gasteiger partial charge on any atom is 0.0685 e. The van der Waals surface area contributed by atoms with E-state index in [-0.39, 0.29) is 5.60 Å². The molecule has 1 aromatic rings. The molecular weight excluding hydrogens is 266 g/mol. The van der Waals surface area contributed by atoms with Crippen LogP contribution >= 0.6 is 11.3 Å². The monoisotopic (exact) mass is 293 g/mol. The van der Waals surface area contributed by atoms with E-state index in [1.165, 1.54) is 49.8 Å². The number of hydrogen-bond donors (Lipinski definition) is 1. The van der Waals surface area contributed by atoms with Crippen LogP contribution in [0, 0.1) is 5.92 Å². The van der Waals surface area contributed by atoms with Crippen LogP contribution in [0.2, 0.25) is 0 Å². The van der Waals surface area contributed by atoms with E-state index in [1.54, 1.807) is 0 Å². The summed E-state index contributed by atoms with van der Waals surface area (Å²) in [7, 11) is 0. The molecule has 0 bridgehead atoms. The fraction of sp³-hybridized carbons (Fsp3) is 0.765. The largest absolute Gasteiger partial charge is 0.375 e. The molecule has 2 atom stereocenters. The first kappa shape index (κ1) is 14.6. The minimum atomic E-state index is 0.268. The Morgan fingerprint density at radius 3 is 3.05 bits per heavy atom. The van der Waals surface area contributed by atoms with Crippen LogP contribution in [-0.2, 0) is 11.2 Å². The fourth-order valence-corrected chi connectivity index (χ4v) is 4.47. The summed E-state index contributed by atoms with van der Waals surface area (Å²) >= 11 is 1.90. The van der Waals surface area contributed by atoms with Crippen LogP contribution in [0.5, 0.6) is 0 Å². The van der Waals surface area contributed by atoms with Crippen LogP contribution in [0.3, 0.4) is 0 Å². The Morgan fingerprint density at radius 2 is 2.40 bits per heavy atom. The third-order valence-electron chi connectivity index (χ3n) is 5.02. The lowest BCUT2D eigenvalue weighted by Crippen LogP contribution is -2.50. The van der Waals surface area contributed by atoms with Crippen molar-refractivity contribution in [2.75, 3.05) is 13.2 Å². The van der Waals surface area contributed by atoms with E-state index in [0.717, 1.165) is 19.1 Å². The van der Waals surface area contributed by atoms with Crippen molar-refractivity contribution in [1.29, 1.82) is 0 Å². The highest BCUT2D eigenvalue weighted by Gasteiger charge is 2.44. The van der Waals surface area contributed by atoms with E-state index >= 15 is 0 Å². The van der Waals surface area contributed by atoms with Gasteiger partial charge in [0.25, 0.3) is 0 Å². The van der Waals surface area contributed by atoms with Crippen molar-refractivity contribution in [2.24, 2.45) is 5.92 Å². The van der Waals surface area contributed by atoms with Gasteiger partial charge in [-0.15, -0.1) is 11.3 Å². The lowest BCUT2D eigenvalue weighted by molar-refractivity contribution is -0.147. The van der Waals surface area contributed by atoms with Crippen molar-refractivity contribution in [3.63, 3.8) is 0 Å². The molecule has 2 nitrogen and oxygen atoms in total. The van der Waals surface area contributed by atoms with Crippen molar-refractivity contribution in [2.45, 2.75) is 63.5 Å². The van der Waals surface area contributed by atoms with Gasteiger partial charge in [0, 0.05) is 17.5 Å². The molecule has 1 aliphatic carbocycles. The molecule has 1 saturated carbocycles. The molecule has 20 heavy (non-hydrogen) atoms. The zero-order valence-electron chi connectivity index (χ0n) is 12.6. The predicted molar refractivity (Wildman–Crippen MR) is 85.4 cm³/mol. The second kappa shape index (κ2) is 6.59. The number of thiophene rings is 1. The Morgan fingerprint density at radius 1 is 1.50 bits per heavy atom. The molecule has 1 saturated heterocycles. The molecule has 3 rings (SSSR count). The Hall–Kier alpha value is -0.380. The van der Waals surface area contributed by atoms with E-state index in [9.17, 15) is 0 Å². The highest BCUT2D eigenvalue weighted by Crippen LogP contribution is 2.45. The Bertz CT molecular complexity index is 399. The second-order valence-electron chi connectivity index (χ2n) is 6.48. The maximum absolute atomic E-state index is 6.10. The van der Waals surface area contributed by atoms with Gasteiger partial charge in [-0.05, 0) is 68.9 Å². The van der Waals surface area contributed by atoms with Crippen LogP contribution in [0.4, 0.5) is 0 Å². The van der Waals surface area contributed by atoms with Crippen LogP contribution in [0.25, 0.3) is 0 Å². The average Bonchev–Trinajstić information content (AvgIpc) is 2.95. The van der Waals surface area contributed by atoms with Crippen molar-refractivity contribution >= 4 is 11.3 Å². The standard InChI is InChI=1S/C17H27NOS/c1-2-9-18-16(12-15-5-3-11-20-15)14-6-10-19-17(13-14)7-4-8-17/h3,5,11,14,16,18H,2,4,6-10,12-13H2,1H3. The predicted octanol–water partition coefficient (Wildman–Crippen LogP) is 4.01. The highest BCUT2D eigenvalue weighted by molar-refractivity contribution is 7.09. The Labute approximate surface area is 126 Å². The van der Waals surface area contributed by atoms with Gasteiger partial charge in [0.15, 0.2) is 0 Å². The molecule has 2 heterocycles. The number of rotatable bonds is 6. The molecule has 1 aliphatic heterocycles. The Kier molecular flexibility index (Phi) is 4.79. The van der Waals surface area contributed by atoms with Gasteiger partial charge >= 0.3 is 0 Å². The molecule has 0 radical (unpaired) electrons. The third kappa shape index (κ3) is 3.26. The molecule has 2 unspecified atom stereocenters. The quantitative estimate of drug-likeness (QED) is 0.855. The summed E-state index contributed by atoms with van der Waals surface area (Å²) in [5.74, 6) is 0.790. The van der Waals surface area contributed by atoms with Gasteiger partial charge < -0.3 is 10.1 Å². The normalized spacial score (nSPS) is 26.4. The number of nitrogens with one attached hydrogen (secondary N) is 1. The van der Waals surface area contributed by atoms with Crippen LogP contribution in [0.15, 0.2) is 17.5 Å². The molecule has 2 fully saturated rings. The minimum Gasteiger partial charge on any atom is -0.375 e. The zero-order chi connectivity index (χ0) is 13.8. The third-order valence-corrected chi connectivity index (χ3v) is 5.92. The second-order valence-corrected chi connectivity index (χ2v) is 7.51. The first-order chi connectivity index (χ1) is 9.81. The van der Waals surface area contributed by atoms with Crippen molar-refractivity contribution in [3.05, 3.63) is 22.4 Å². The van der Waals surface area contributed by atoms with Gasteiger partial charge in [-0.2, -0.15) is 0 Å². The van der Waals surface area contributed by atoms with Crippen LogP contribution in [-0.4, -0.2) is 24.8 Å². The van der Waals surface area contributed by atoms with E-state index in [2.05, 4.69) is 29.8 Å². The smallest absolute Gasteiger partial charge is 0.0685 e. The van der Waals surface area contributed by atoms with Gasteiger partial charge in [-0.25, -0.2) is 0 Å². The summed E-state index contributed by atoms with van der Waals surface area (Å²) < 4.78 is 6.10. The first-order valence-electron chi connectivity index (χ1n) is 8.21. The van der Waals surface area contributed by atoms with E-state index in [4.69, 9.17) is 4.74 Å². The molecule has 0 aromatic carbocycles. The van der Waals surface area contributed by atoms with Gasteiger partial charge in [-0.3, -0.25) is 0 Å². The van der Waals surface area contributed by atoms with Crippen molar-refractivity contribution in [3.8, 4) is 0 Å². The van der Waals surface area contributed by atoms with Gasteiger partial charge in [-0.1, -0.05) is 13.0 Å². The maximum atomic E-state index is 6.10. The molecule has 1 aromatic heterocycles. The van der Waals surface area contributed by atoms with Crippen molar-refractivity contribution < 1.29 is 4.74 Å². The highest BCUT2D eigenvalue weighted by atomic mass is 32.1. The summed E-state index contributed by atoms with van der Waals surface area (Å²) in [5, 5.41) is 6.01. The zero-order valence-corrected chi connectivity index (χ0v) is 13.4. The van der Waals surface area contributed by atoms with Crippen molar-refractivity contribution in [1.82, 2.24) is 5.32 Å². The number of ether oxygens (including phenoxy) is 1. The summed E-state index contributed by atoms with van der Waals surface area (Å²) in [5.41, 5.74) is 0.268. The minimum absolute atomic E-state index is 0.268. The summed E-state index contributed by atoms with van der Waals surface area (Å²) in [6.45, 7) is 4.37. The Balaban J connectivity index is 1.64. The molecule has 112 valence electrons. The van der Waals surface area contributed by atoms with Crippen LogP contribution < -0.4 is 5.32 Å². The molecular formula is C17H27NOS. The summed E-state index contributed by atoms with van der Waals surface area (Å²) in [6.07, 6.45) is 8.87. The molecule has 3 heteroatoms. The van der Waals surface area contributed by atoms with Gasteiger partial charge in [0.05, 0.1) is 5.60 Å². The summed E-state index contributed by atoms with van der Waals surface area (Å²) in [6, 6.07) is 5.09. The van der Waals surface area contributed by atoms with Gasteiger partial charge in [0.2, 0.25) is 0 Å². The van der Waals surface area contributed by atoms with E-state index < -0.39 is 0 Å². The SMILES string of the molecule is CCCNC(Cc1cccs1)C1CCOC2(CCC2)C1. The van der Waals surface area contributed by atoms with Crippen LogP contribution in [0.1, 0.15) is 50.3 Å². The summed E-state index contributed by atoms with van der Waals surface area (Å²) in [4.78, 5) is 1.52. The topological polar surface area (TPSA) is 21.3 Å². The van der Waals surface area contributed by atoms with Gasteiger partial charge in [0.1, 0.15) is 0 Å². The number of hydrogen-bond acceptors (Lipinski definition) is 3. The molecule has 2 aliphatic rings. The molecule has 1 N–H and O–H groups in total. The first-order valence-corrected chi connectivity index (χ1v) is 9.09. The lowest BCUT2D eigenvalue weighted by Gasteiger charge is -2.49. The molecule has 0 amide bonds. The fourth-order valence-electron chi connectivity index (χ4n) is 3.71. The van der Waals surface area contributed by atoms with E-state index in [0.29, 0.717) is 6.04 Å². The average molecular weight is 293 g/mol. The lowest BCUT2D eigenvalue weighted by atomic mass is 9.70. The van der Waals surface area contributed by atoms with E-state index in [1.807, 2.05) is 11.3 Å². The molecule has 1 spiro atoms.